The Morgan fingerprint density at radius 3 is 1.62 bits per heavy atom. The smallest absolute Gasteiger partial charge is 0.0737 e. The van der Waals surface area contributed by atoms with Crippen LogP contribution in [0.4, 0.5) is 11.4 Å². The van der Waals surface area contributed by atoms with E-state index in [0.717, 1.165) is 77.7 Å². The molecule has 2 N–H and O–H groups in total. The Labute approximate surface area is 281 Å². The van der Waals surface area contributed by atoms with Crippen LogP contribution in [0, 0.1) is 11.8 Å². The van der Waals surface area contributed by atoms with Crippen molar-refractivity contribution in [3.63, 3.8) is 0 Å². The molecule has 0 aliphatic heterocycles. The molecule has 4 rings (SSSR count). The van der Waals surface area contributed by atoms with Crippen molar-refractivity contribution in [2.75, 3.05) is 43.4 Å². The highest BCUT2D eigenvalue weighted by atomic mass is 35.5. The first-order valence-corrected chi connectivity index (χ1v) is 17.9. The van der Waals surface area contributed by atoms with Crippen LogP contribution in [0.5, 0.6) is 0 Å². The van der Waals surface area contributed by atoms with E-state index in [2.05, 4.69) is 58.4 Å². The maximum Gasteiger partial charge on any atom is 0.0737 e. The summed E-state index contributed by atoms with van der Waals surface area (Å²) in [6, 6.07) is 15.9. The van der Waals surface area contributed by atoms with Gasteiger partial charge in [0, 0.05) is 70.8 Å². The molecule has 0 fully saturated rings. The summed E-state index contributed by atoms with van der Waals surface area (Å²) in [5.41, 5.74) is 4.04. The maximum absolute atomic E-state index is 6.20. The van der Waals surface area contributed by atoms with Gasteiger partial charge in [-0.1, -0.05) is 95.3 Å². The van der Waals surface area contributed by atoms with E-state index < -0.39 is 0 Å². The Hall–Kier alpha value is -2.60. The lowest BCUT2D eigenvalue weighted by atomic mass is 9.93. The number of nitrogens with zero attached hydrogens (tertiary/aromatic N) is 3. The van der Waals surface area contributed by atoms with Crippen molar-refractivity contribution in [3.05, 3.63) is 71.0 Å². The highest BCUT2D eigenvalue weighted by Crippen LogP contribution is 2.26. The van der Waals surface area contributed by atoms with Gasteiger partial charge in [-0.05, 0) is 79.8 Å². The quantitative estimate of drug-likeness (QED) is 0.0879. The number of hydrogen-bond donors (Lipinski definition) is 2. The number of nitrogens with one attached hydrogen (secondary N) is 2. The van der Waals surface area contributed by atoms with Crippen LogP contribution in [0.2, 0.25) is 10.0 Å². The summed E-state index contributed by atoms with van der Waals surface area (Å²) in [4.78, 5) is 11.6. The fourth-order valence-electron chi connectivity index (χ4n) is 6.40. The van der Waals surface area contributed by atoms with Crippen LogP contribution < -0.4 is 10.6 Å². The second-order valence-electron chi connectivity index (χ2n) is 13.1. The molecule has 0 aliphatic carbocycles. The molecule has 5 nitrogen and oxygen atoms in total. The molecule has 1 atom stereocenters. The van der Waals surface area contributed by atoms with E-state index in [1.165, 1.54) is 64.2 Å². The molecule has 7 heteroatoms. The van der Waals surface area contributed by atoms with Gasteiger partial charge in [-0.15, -0.1) is 0 Å². The second kappa shape index (κ2) is 19.2. The Balaban J connectivity index is 1.21. The van der Waals surface area contributed by atoms with Crippen LogP contribution in [0.25, 0.3) is 21.8 Å². The van der Waals surface area contributed by atoms with E-state index in [1.807, 2.05) is 48.8 Å². The van der Waals surface area contributed by atoms with E-state index in [0.29, 0.717) is 10.0 Å². The van der Waals surface area contributed by atoms with Crippen LogP contribution in [-0.4, -0.2) is 47.6 Å². The molecule has 45 heavy (non-hydrogen) atoms. The summed E-state index contributed by atoms with van der Waals surface area (Å²) in [5.74, 6) is 1.71. The van der Waals surface area contributed by atoms with Crippen LogP contribution in [-0.2, 0) is 0 Å². The van der Waals surface area contributed by atoms with E-state index in [9.17, 15) is 0 Å². The molecule has 0 spiro atoms. The number of unbranched alkanes of at least 4 members (excludes halogenated alkanes) is 7. The lowest BCUT2D eigenvalue weighted by Gasteiger charge is -2.23. The number of rotatable bonds is 21. The van der Waals surface area contributed by atoms with Gasteiger partial charge in [0.05, 0.1) is 11.0 Å². The van der Waals surface area contributed by atoms with Gasteiger partial charge in [0.1, 0.15) is 0 Å². The summed E-state index contributed by atoms with van der Waals surface area (Å²) in [5, 5.41) is 10.9. The molecule has 0 aliphatic rings. The zero-order chi connectivity index (χ0) is 31.9. The number of pyridine rings is 2. The molecule has 0 saturated carbocycles. The summed E-state index contributed by atoms with van der Waals surface area (Å²) >= 11 is 12.4. The number of hydrogen-bond acceptors (Lipinski definition) is 5. The van der Waals surface area contributed by atoms with Crippen molar-refractivity contribution in [2.24, 2.45) is 11.8 Å². The van der Waals surface area contributed by atoms with Crippen molar-refractivity contribution >= 4 is 56.4 Å². The van der Waals surface area contributed by atoms with Crippen LogP contribution in [0.1, 0.15) is 85.0 Å². The average Bonchev–Trinajstić information content (AvgIpc) is 3.01. The third-order valence-electron chi connectivity index (χ3n) is 8.69. The molecule has 0 saturated heterocycles. The number of aromatic nitrogens is 2. The number of halogens is 2. The zero-order valence-corrected chi connectivity index (χ0v) is 29.1. The molecule has 2 aromatic carbocycles. The van der Waals surface area contributed by atoms with Crippen molar-refractivity contribution in [2.45, 2.75) is 85.0 Å². The van der Waals surface area contributed by atoms with Gasteiger partial charge in [0.15, 0.2) is 0 Å². The van der Waals surface area contributed by atoms with Gasteiger partial charge in [-0.25, -0.2) is 0 Å². The van der Waals surface area contributed by atoms with Crippen molar-refractivity contribution in [1.29, 1.82) is 0 Å². The topological polar surface area (TPSA) is 53.1 Å². The van der Waals surface area contributed by atoms with Crippen LogP contribution in [0.15, 0.2) is 60.9 Å². The van der Waals surface area contributed by atoms with Crippen LogP contribution in [0.3, 0.4) is 0 Å². The summed E-state index contributed by atoms with van der Waals surface area (Å²) < 4.78 is 0. The van der Waals surface area contributed by atoms with Crippen molar-refractivity contribution in [3.8, 4) is 0 Å². The fourth-order valence-corrected chi connectivity index (χ4v) is 6.73. The van der Waals surface area contributed by atoms with Gasteiger partial charge in [0.25, 0.3) is 0 Å². The molecule has 2 aromatic heterocycles. The Morgan fingerprint density at radius 2 is 1.11 bits per heavy atom. The molecule has 1 unspecified atom stereocenters. The highest BCUT2D eigenvalue weighted by molar-refractivity contribution is 6.31. The molecule has 0 radical (unpaired) electrons. The molecule has 244 valence electrons. The zero-order valence-electron chi connectivity index (χ0n) is 27.6. The molecule has 2 heterocycles. The molecule has 0 amide bonds. The molecular weight excluding hydrogens is 597 g/mol. The van der Waals surface area contributed by atoms with Crippen molar-refractivity contribution in [1.82, 2.24) is 14.9 Å². The summed E-state index contributed by atoms with van der Waals surface area (Å²) in [6.07, 6.45) is 17.3. The van der Waals surface area contributed by atoms with E-state index in [1.54, 1.807) is 0 Å². The predicted molar refractivity (Wildman–Crippen MR) is 197 cm³/mol. The van der Waals surface area contributed by atoms with Gasteiger partial charge in [-0.2, -0.15) is 0 Å². The first-order chi connectivity index (χ1) is 21.9. The van der Waals surface area contributed by atoms with E-state index >= 15 is 0 Å². The largest absolute Gasteiger partial charge is 0.383 e. The molecule has 0 bridgehead atoms. The standard InChI is InChI=1S/C38H53Cl2N5/c1-29(2)26-30(3)12-10-8-6-4-5-7-9-11-23-45(24-21-43-35-17-19-41-37-27-31(39)13-15-33(35)37)25-22-44-36-18-20-42-38-28-32(40)14-16-34(36)38/h13-20,27-30H,4-12,21-26H2,1-3H3,(H,41,43)(H,42,44). The highest BCUT2D eigenvalue weighted by Gasteiger charge is 2.09. The molecular formula is C38H53Cl2N5. The minimum absolute atomic E-state index is 0.711. The lowest BCUT2D eigenvalue weighted by Crippen LogP contribution is -2.34. The number of fused-ring (bicyclic) bond motifs is 2. The minimum Gasteiger partial charge on any atom is -0.383 e. The van der Waals surface area contributed by atoms with Gasteiger partial charge < -0.3 is 10.6 Å². The maximum atomic E-state index is 6.20. The van der Waals surface area contributed by atoms with Crippen LogP contribution >= 0.6 is 23.2 Å². The Bertz CT molecular complexity index is 1350. The summed E-state index contributed by atoms with van der Waals surface area (Å²) in [7, 11) is 0. The van der Waals surface area contributed by atoms with Gasteiger partial charge in [0.2, 0.25) is 0 Å². The minimum atomic E-state index is 0.711. The van der Waals surface area contributed by atoms with Crippen molar-refractivity contribution < 1.29 is 0 Å². The van der Waals surface area contributed by atoms with Gasteiger partial charge in [-0.3, -0.25) is 14.9 Å². The normalized spacial score (nSPS) is 12.4. The summed E-state index contributed by atoms with van der Waals surface area (Å²) in [6.45, 7) is 11.9. The lowest BCUT2D eigenvalue weighted by molar-refractivity contribution is 0.286. The SMILES string of the molecule is CC(C)CC(C)CCCCCCCCCCN(CCNc1ccnc2cc(Cl)ccc12)CCNc1ccnc2cc(Cl)ccc12. The average molecular weight is 651 g/mol. The second-order valence-corrected chi connectivity index (χ2v) is 14.0. The third-order valence-corrected chi connectivity index (χ3v) is 9.16. The van der Waals surface area contributed by atoms with E-state index in [-0.39, 0.29) is 0 Å². The molecule has 4 aromatic rings. The van der Waals surface area contributed by atoms with Gasteiger partial charge >= 0.3 is 0 Å². The fraction of sp³-hybridized carbons (Fsp3) is 0.526. The Morgan fingerprint density at radius 1 is 0.622 bits per heavy atom. The monoisotopic (exact) mass is 649 g/mol. The Kier molecular flexibility index (Phi) is 15.0. The first kappa shape index (κ1) is 35.3. The van der Waals surface area contributed by atoms with E-state index in [4.69, 9.17) is 23.2 Å². The first-order valence-electron chi connectivity index (χ1n) is 17.2. The number of anilines is 2. The number of benzene rings is 2. The predicted octanol–water partition coefficient (Wildman–Crippen LogP) is 11.1. The third kappa shape index (κ3) is 12.3.